The molecule has 0 bridgehead atoms. The molecule has 2 N–H and O–H groups in total. The van der Waals surface area contributed by atoms with Crippen LogP contribution in [0, 0.1) is 11.3 Å². The Hall–Kier alpha value is -3.03. The molecular weight excluding hydrogens is 546 g/mol. The van der Waals surface area contributed by atoms with E-state index in [9.17, 15) is 40.7 Å². The Balaban J connectivity index is 1.61. The predicted molar refractivity (Wildman–Crippen MR) is 132 cm³/mol. The van der Waals surface area contributed by atoms with Crippen molar-refractivity contribution in [1.82, 2.24) is 19.8 Å². The molecule has 0 unspecified atom stereocenters. The van der Waals surface area contributed by atoms with Crippen LogP contribution in [0.5, 0.6) is 0 Å². The van der Waals surface area contributed by atoms with Gasteiger partial charge in [0.05, 0.1) is 22.0 Å². The van der Waals surface area contributed by atoms with Crippen LogP contribution in [0.3, 0.4) is 0 Å². The van der Waals surface area contributed by atoms with Gasteiger partial charge in [-0.25, -0.2) is 4.79 Å². The fraction of sp³-hybridized carbons (Fsp3) is 0.654. The quantitative estimate of drug-likeness (QED) is 0.501. The number of alkyl halides is 6. The number of aromatic amines is 1. The Morgan fingerprint density at radius 1 is 1.12 bits per heavy atom. The maximum absolute atomic E-state index is 13.6. The molecule has 0 radical (unpaired) electrons. The first-order valence-electron chi connectivity index (χ1n) is 13.1. The van der Waals surface area contributed by atoms with E-state index in [-0.39, 0.29) is 74.4 Å². The van der Waals surface area contributed by atoms with Crippen molar-refractivity contribution in [3.63, 3.8) is 0 Å². The summed E-state index contributed by atoms with van der Waals surface area (Å²) in [5.74, 6) is -2.81. The van der Waals surface area contributed by atoms with E-state index in [0.29, 0.717) is 0 Å². The number of nitrogens with zero attached hydrogens (tertiary/aromatic N) is 2. The van der Waals surface area contributed by atoms with E-state index in [2.05, 4.69) is 10.3 Å². The van der Waals surface area contributed by atoms with Gasteiger partial charge in [0.1, 0.15) is 0 Å². The molecule has 1 saturated carbocycles. The van der Waals surface area contributed by atoms with Crippen LogP contribution in [0.2, 0.25) is 0 Å². The van der Waals surface area contributed by atoms with Crippen molar-refractivity contribution in [2.75, 3.05) is 13.2 Å². The van der Waals surface area contributed by atoms with Gasteiger partial charge in [0.15, 0.2) is 0 Å². The zero-order valence-electron chi connectivity index (χ0n) is 22.3. The number of hydrogen-bond acceptors (Lipinski definition) is 4. The largest absolute Gasteiger partial charge is 0.471 e. The normalized spacial score (nSPS) is 22.7. The summed E-state index contributed by atoms with van der Waals surface area (Å²) < 4.78 is 87.8. The van der Waals surface area contributed by atoms with Crippen LogP contribution in [0.1, 0.15) is 57.1 Å². The van der Waals surface area contributed by atoms with Gasteiger partial charge in [0.25, 0.3) is 0 Å². The van der Waals surface area contributed by atoms with Gasteiger partial charge in [-0.2, -0.15) is 26.3 Å². The number of imidazole rings is 1. The molecular formula is C26H32F6N4O4. The van der Waals surface area contributed by atoms with E-state index in [0.717, 1.165) is 21.6 Å². The minimum atomic E-state index is -5.08. The molecule has 2 aliphatic rings. The van der Waals surface area contributed by atoms with E-state index >= 15 is 0 Å². The van der Waals surface area contributed by atoms with Crippen molar-refractivity contribution in [3.8, 4) is 0 Å². The molecule has 4 rings (SSSR count). The minimum Gasteiger partial charge on any atom is -0.381 e. The molecule has 222 valence electrons. The number of carbonyl (C=O) groups excluding carboxylic acids is 2. The second-order valence-corrected chi connectivity index (χ2v) is 11.0. The molecule has 2 heterocycles. The van der Waals surface area contributed by atoms with Crippen LogP contribution in [0.4, 0.5) is 26.3 Å². The lowest BCUT2D eigenvalue weighted by molar-refractivity contribution is -0.192. The molecule has 1 aromatic carbocycles. The zero-order valence-corrected chi connectivity index (χ0v) is 22.3. The molecule has 1 aromatic heterocycles. The minimum absolute atomic E-state index is 0.0151. The number of aryl methyl sites for hydroxylation is 1. The predicted octanol–water partition coefficient (Wildman–Crippen LogP) is 4.27. The number of carbonyl (C=O) groups is 2. The van der Waals surface area contributed by atoms with Crippen molar-refractivity contribution >= 4 is 22.8 Å². The van der Waals surface area contributed by atoms with E-state index in [1.165, 1.54) is 7.05 Å². The third kappa shape index (κ3) is 5.59. The number of aromatic nitrogens is 2. The number of amides is 2. The van der Waals surface area contributed by atoms with Crippen molar-refractivity contribution in [2.45, 2.75) is 76.9 Å². The Bertz CT molecular complexity index is 1330. The Kier molecular flexibility index (Phi) is 8.05. The molecule has 2 atom stereocenters. The molecule has 2 amide bonds. The average Bonchev–Trinajstić information content (AvgIpc) is 3.44. The van der Waals surface area contributed by atoms with E-state index in [1.54, 1.807) is 13.8 Å². The van der Waals surface area contributed by atoms with Crippen molar-refractivity contribution in [3.05, 3.63) is 33.7 Å². The van der Waals surface area contributed by atoms with Crippen molar-refractivity contribution in [2.24, 2.45) is 18.4 Å². The summed E-state index contributed by atoms with van der Waals surface area (Å²) in [5.41, 5.74) is -2.56. The summed E-state index contributed by atoms with van der Waals surface area (Å²) in [5, 5.41) is 2.68. The van der Waals surface area contributed by atoms with Crippen molar-refractivity contribution in [1.29, 1.82) is 0 Å². The van der Waals surface area contributed by atoms with Crippen LogP contribution < -0.4 is 11.0 Å². The molecule has 40 heavy (non-hydrogen) atoms. The number of rotatable bonds is 6. The van der Waals surface area contributed by atoms with Gasteiger partial charge in [0, 0.05) is 38.9 Å². The van der Waals surface area contributed by atoms with Crippen LogP contribution in [-0.2, 0) is 34.1 Å². The monoisotopic (exact) mass is 578 g/mol. The lowest BCUT2D eigenvalue weighted by atomic mass is 9.74. The number of benzene rings is 1. The first kappa shape index (κ1) is 29.9. The first-order valence-corrected chi connectivity index (χ1v) is 13.1. The maximum atomic E-state index is 13.6. The summed E-state index contributed by atoms with van der Waals surface area (Å²) in [6, 6.07) is 0.189. The molecule has 8 nitrogen and oxygen atoms in total. The second kappa shape index (κ2) is 10.7. The fourth-order valence-corrected chi connectivity index (χ4v) is 6.07. The number of nitrogens with one attached hydrogen (secondary N) is 2. The number of ether oxygens (including phenoxy) is 1. The summed E-state index contributed by atoms with van der Waals surface area (Å²) in [7, 11) is 1.32. The molecule has 0 spiro atoms. The second-order valence-electron chi connectivity index (χ2n) is 11.0. The number of hydrogen-bond donors (Lipinski definition) is 2. The summed E-state index contributed by atoms with van der Waals surface area (Å²) >= 11 is 0. The first-order chi connectivity index (χ1) is 18.6. The highest BCUT2D eigenvalue weighted by molar-refractivity contribution is 5.86. The van der Waals surface area contributed by atoms with Gasteiger partial charge in [-0.1, -0.05) is 13.8 Å². The maximum Gasteiger partial charge on any atom is 0.471 e. The molecule has 1 saturated heterocycles. The Morgan fingerprint density at radius 2 is 1.77 bits per heavy atom. The van der Waals surface area contributed by atoms with Crippen LogP contribution in [0.15, 0.2) is 16.9 Å². The topological polar surface area (TPSA) is 96.4 Å². The number of halogens is 6. The SMILES string of the molecule is CC(C)[C@]1(C(=O)NCc2cc(C(F)(F)F)cc3c2[nH]c(=O)n3C)CC[C@@H](N(C(=O)C(F)(F)F)C2CCOCC2)C1. The highest BCUT2D eigenvalue weighted by Gasteiger charge is 2.54. The third-order valence-corrected chi connectivity index (χ3v) is 8.40. The van der Waals surface area contributed by atoms with Crippen LogP contribution in [0.25, 0.3) is 11.0 Å². The molecule has 1 aliphatic carbocycles. The average molecular weight is 579 g/mol. The van der Waals surface area contributed by atoms with E-state index in [1.807, 2.05) is 0 Å². The van der Waals surface area contributed by atoms with Gasteiger partial charge < -0.3 is 19.9 Å². The molecule has 2 fully saturated rings. The molecule has 1 aliphatic heterocycles. The van der Waals surface area contributed by atoms with Gasteiger partial charge in [0.2, 0.25) is 5.91 Å². The summed E-state index contributed by atoms with van der Waals surface area (Å²) in [4.78, 5) is 41.6. The lowest BCUT2D eigenvalue weighted by Crippen LogP contribution is -2.54. The number of H-pyrrole nitrogens is 1. The van der Waals surface area contributed by atoms with Gasteiger partial charge in [-0.3, -0.25) is 14.2 Å². The van der Waals surface area contributed by atoms with Crippen LogP contribution in [-0.4, -0.2) is 57.7 Å². The highest BCUT2D eigenvalue weighted by Crippen LogP contribution is 2.48. The fourth-order valence-electron chi connectivity index (χ4n) is 6.07. The Morgan fingerprint density at radius 3 is 2.35 bits per heavy atom. The highest BCUT2D eigenvalue weighted by atomic mass is 19.4. The van der Waals surface area contributed by atoms with E-state index in [4.69, 9.17) is 4.74 Å². The third-order valence-electron chi connectivity index (χ3n) is 8.40. The molecule has 14 heteroatoms. The lowest BCUT2D eigenvalue weighted by Gasteiger charge is -2.40. The van der Waals surface area contributed by atoms with Crippen molar-refractivity contribution < 1.29 is 40.7 Å². The van der Waals surface area contributed by atoms with Gasteiger partial charge in [-0.05, 0) is 55.7 Å². The molecule has 2 aromatic rings. The summed E-state index contributed by atoms with van der Waals surface area (Å²) in [6.07, 6.45) is -8.92. The summed E-state index contributed by atoms with van der Waals surface area (Å²) in [6.45, 7) is 3.61. The standard InChI is InChI=1S/C26H32F6N4O4/c1-14(2)24(7-4-18(12-24)36(22(38)26(30,31)32)17-5-8-40-9-6-17)21(37)33-13-15-10-16(25(27,28)29)11-19-20(15)34-23(39)35(19)3/h10-11,14,17-18H,4-9,12-13H2,1-3H3,(H,33,37)(H,34,39)/t18-,24+/m1/s1. The van der Waals surface area contributed by atoms with Crippen LogP contribution >= 0.6 is 0 Å². The Labute approximate surface area is 226 Å². The van der Waals surface area contributed by atoms with Gasteiger partial charge in [-0.15, -0.1) is 0 Å². The van der Waals surface area contributed by atoms with E-state index < -0.39 is 52.9 Å². The van der Waals surface area contributed by atoms with Gasteiger partial charge >= 0.3 is 23.9 Å². The zero-order chi connectivity index (χ0) is 29.6. The smallest absolute Gasteiger partial charge is 0.381 e. The number of fused-ring (bicyclic) bond motifs is 1.